The maximum absolute atomic E-state index is 11.6. The van der Waals surface area contributed by atoms with Gasteiger partial charge in [0.05, 0.1) is 0 Å². The molecular formula is C14H16O. The Morgan fingerprint density at radius 2 is 1.80 bits per heavy atom. The van der Waals surface area contributed by atoms with E-state index in [9.17, 15) is 4.79 Å². The van der Waals surface area contributed by atoms with E-state index in [1.165, 1.54) is 11.1 Å². The summed E-state index contributed by atoms with van der Waals surface area (Å²) in [6, 6.07) is 10.3. The van der Waals surface area contributed by atoms with E-state index in [2.05, 4.69) is 19.1 Å². The number of hydrogen-bond donors (Lipinski definition) is 0. The number of hydrogen-bond acceptors (Lipinski definition) is 1. The first-order valence-electron chi connectivity index (χ1n) is 5.36. The molecule has 1 aliphatic carbocycles. The minimum absolute atomic E-state index is 0.00280. The SMILES string of the molecule is CC1=CC(=O)CC(C)(c2ccccc2)C1. The van der Waals surface area contributed by atoms with Gasteiger partial charge in [0.25, 0.3) is 0 Å². The summed E-state index contributed by atoms with van der Waals surface area (Å²) in [5, 5.41) is 0. The molecule has 0 bridgehead atoms. The number of carbonyl (C=O) groups is 1. The third-order valence-electron chi connectivity index (χ3n) is 3.11. The zero-order chi connectivity index (χ0) is 10.9. The smallest absolute Gasteiger partial charge is 0.156 e. The number of allylic oxidation sites excluding steroid dienone is 2. The molecule has 0 saturated carbocycles. The number of benzene rings is 1. The van der Waals surface area contributed by atoms with E-state index in [1.54, 1.807) is 6.08 Å². The fraction of sp³-hybridized carbons (Fsp3) is 0.357. The minimum Gasteiger partial charge on any atom is -0.295 e. The molecule has 1 atom stereocenters. The molecule has 78 valence electrons. The van der Waals surface area contributed by atoms with E-state index < -0.39 is 0 Å². The second kappa shape index (κ2) is 3.65. The van der Waals surface area contributed by atoms with E-state index in [1.807, 2.05) is 25.1 Å². The highest BCUT2D eigenvalue weighted by molar-refractivity contribution is 5.92. The lowest BCUT2D eigenvalue weighted by Crippen LogP contribution is -2.28. The van der Waals surface area contributed by atoms with E-state index >= 15 is 0 Å². The summed E-state index contributed by atoms with van der Waals surface area (Å²) in [6.45, 7) is 4.22. The lowest BCUT2D eigenvalue weighted by molar-refractivity contribution is -0.116. The molecule has 1 unspecified atom stereocenters. The van der Waals surface area contributed by atoms with Crippen molar-refractivity contribution in [3.8, 4) is 0 Å². The average molecular weight is 200 g/mol. The number of carbonyl (C=O) groups excluding carboxylic acids is 1. The van der Waals surface area contributed by atoms with Crippen molar-refractivity contribution < 1.29 is 4.79 Å². The fourth-order valence-corrected chi connectivity index (χ4v) is 2.48. The molecule has 0 radical (unpaired) electrons. The Hall–Kier alpha value is -1.37. The van der Waals surface area contributed by atoms with Crippen molar-refractivity contribution in [2.45, 2.75) is 32.1 Å². The van der Waals surface area contributed by atoms with Gasteiger partial charge in [-0.05, 0) is 25.0 Å². The topological polar surface area (TPSA) is 17.1 Å². The lowest BCUT2D eigenvalue weighted by Gasteiger charge is -2.32. The van der Waals surface area contributed by atoms with Gasteiger partial charge in [-0.15, -0.1) is 0 Å². The third kappa shape index (κ3) is 2.01. The van der Waals surface area contributed by atoms with Crippen LogP contribution in [0.2, 0.25) is 0 Å². The highest BCUT2D eigenvalue weighted by atomic mass is 16.1. The van der Waals surface area contributed by atoms with Crippen molar-refractivity contribution in [2.24, 2.45) is 0 Å². The van der Waals surface area contributed by atoms with Gasteiger partial charge in [0.1, 0.15) is 0 Å². The molecule has 1 nitrogen and oxygen atoms in total. The summed E-state index contributed by atoms with van der Waals surface area (Å²) in [4.78, 5) is 11.6. The van der Waals surface area contributed by atoms with Crippen LogP contribution in [0.25, 0.3) is 0 Å². The maximum Gasteiger partial charge on any atom is 0.156 e. The van der Waals surface area contributed by atoms with Gasteiger partial charge >= 0.3 is 0 Å². The Morgan fingerprint density at radius 3 is 2.40 bits per heavy atom. The lowest BCUT2D eigenvalue weighted by atomic mass is 9.71. The van der Waals surface area contributed by atoms with Gasteiger partial charge in [-0.25, -0.2) is 0 Å². The molecule has 0 aromatic heterocycles. The first-order chi connectivity index (χ1) is 7.10. The Morgan fingerprint density at radius 1 is 1.13 bits per heavy atom. The molecule has 0 heterocycles. The van der Waals surface area contributed by atoms with E-state index in [4.69, 9.17) is 0 Å². The number of rotatable bonds is 1. The van der Waals surface area contributed by atoms with Crippen LogP contribution in [-0.4, -0.2) is 5.78 Å². The third-order valence-corrected chi connectivity index (χ3v) is 3.11. The van der Waals surface area contributed by atoms with Crippen LogP contribution >= 0.6 is 0 Å². The number of ketones is 1. The van der Waals surface area contributed by atoms with Crippen LogP contribution in [0.3, 0.4) is 0 Å². The zero-order valence-electron chi connectivity index (χ0n) is 9.29. The van der Waals surface area contributed by atoms with E-state index in [0.717, 1.165) is 6.42 Å². The van der Waals surface area contributed by atoms with Crippen molar-refractivity contribution in [1.29, 1.82) is 0 Å². The van der Waals surface area contributed by atoms with Gasteiger partial charge in [0, 0.05) is 11.8 Å². The molecule has 0 N–H and O–H groups in total. The molecule has 0 saturated heterocycles. The predicted octanol–water partition coefficient (Wildman–Crippen LogP) is 3.25. The molecule has 1 heteroatoms. The zero-order valence-corrected chi connectivity index (χ0v) is 9.29. The summed E-state index contributed by atoms with van der Waals surface area (Å²) in [5.41, 5.74) is 2.46. The Bertz CT molecular complexity index is 403. The monoisotopic (exact) mass is 200 g/mol. The summed E-state index contributed by atoms with van der Waals surface area (Å²) >= 11 is 0. The van der Waals surface area contributed by atoms with Crippen LogP contribution in [-0.2, 0) is 10.2 Å². The second-order valence-electron chi connectivity index (χ2n) is 4.74. The Labute approximate surface area is 90.8 Å². The van der Waals surface area contributed by atoms with Crippen LogP contribution in [0.4, 0.5) is 0 Å². The fourth-order valence-electron chi connectivity index (χ4n) is 2.48. The summed E-state index contributed by atoms with van der Waals surface area (Å²) < 4.78 is 0. The van der Waals surface area contributed by atoms with Gasteiger partial charge in [-0.1, -0.05) is 42.8 Å². The molecule has 1 aromatic carbocycles. The van der Waals surface area contributed by atoms with Crippen LogP contribution in [0.1, 0.15) is 32.3 Å². The molecular weight excluding hydrogens is 184 g/mol. The van der Waals surface area contributed by atoms with Gasteiger partial charge in [0.2, 0.25) is 0 Å². The summed E-state index contributed by atoms with van der Waals surface area (Å²) in [5.74, 6) is 0.255. The predicted molar refractivity (Wildman–Crippen MR) is 61.8 cm³/mol. The average Bonchev–Trinajstić information content (AvgIpc) is 2.17. The van der Waals surface area contributed by atoms with Crippen LogP contribution in [0.5, 0.6) is 0 Å². The van der Waals surface area contributed by atoms with Crippen LogP contribution in [0.15, 0.2) is 42.0 Å². The van der Waals surface area contributed by atoms with Gasteiger partial charge in [0.15, 0.2) is 5.78 Å². The molecule has 0 spiro atoms. The second-order valence-corrected chi connectivity index (χ2v) is 4.74. The van der Waals surface area contributed by atoms with Crippen molar-refractivity contribution in [2.75, 3.05) is 0 Å². The standard InChI is InChI=1S/C14H16O/c1-11-8-13(15)10-14(2,9-11)12-6-4-3-5-7-12/h3-8H,9-10H2,1-2H3. The normalized spacial score (nSPS) is 26.3. The first-order valence-corrected chi connectivity index (χ1v) is 5.36. The molecule has 0 amide bonds. The largest absolute Gasteiger partial charge is 0.295 e. The van der Waals surface area contributed by atoms with Crippen LogP contribution < -0.4 is 0 Å². The van der Waals surface area contributed by atoms with E-state index in [0.29, 0.717) is 6.42 Å². The Kier molecular flexibility index (Phi) is 2.47. The van der Waals surface area contributed by atoms with Gasteiger partial charge in [-0.3, -0.25) is 4.79 Å². The summed E-state index contributed by atoms with van der Waals surface area (Å²) in [6.07, 6.45) is 3.40. The Balaban J connectivity index is 2.37. The minimum atomic E-state index is -0.00280. The maximum atomic E-state index is 11.6. The summed E-state index contributed by atoms with van der Waals surface area (Å²) in [7, 11) is 0. The van der Waals surface area contributed by atoms with Gasteiger partial charge in [-0.2, -0.15) is 0 Å². The molecule has 0 fully saturated rings. The molecule has 1 aliphatic rings. The molecule has 15 heavy (non-hydrogen) atoms. The molecule has 1 aromatic rings. The van der Waals surface area contributed by atoms with E-state index in [-0.39, 0.29) is 11.2 Å². The highest BCUT2D eigenvalue weighted by Crippen LogP contribution is 2.37. The van der Waals surface area contributed by atoms with Crippen LogP contribution in [0, 0.1) is 0 Å². The molecule has 0 aliphatic heterocycles. The first kappa shape index (κ1) is 10.2. The van der Waals surface area contributed by atoms with Crippen molar-refractivity contribution >= 4 is 5.78 Å². The highest BCUT2D eigenvalue weighted by Gasteiger charge is 2.32. The van der Waals surface area contributed by atoms with Crippen molar-refractivity contribution in [3.63, 3.8) is 0 Å². The molecule has 2 rings (SSSR count). The van der Waals surface area contributed by atoms with Crippen molar-refractivity contribution in [3.05, 3.63) is 47.5 Å². The van der Waals surface area contributed by atoms with Crippen molar-refractivity contribution in [1.82, 2.24) is 0 Å². The van der Waals surface area contributed by atoms with Gasteiger partial charge < -0.3 is 0 Å². The quantitative estimate of drug-likeness (QED) is 0.680.